The minimum Gasteiger partial charge on any atom is -0.497 e. The Morgan fingerprint density at radius 3 is 3.11 bits per heavy atom. The number of benzene rings is 1. The van der Waals surface area contributed by atoms with Crippen LogP contribution in [0.3, 0.4) is 0 Å². The van der Waals surface area contributed by atoms with Gasteiger partial charge in [-0.1, -0.05) is 13.0 Å². The Morgan fingerprint density at radius 1 is 1.39 bits per heavy atom. The molecule has 1 N–H and O–H groups in total. The molecular weight excluding hydrogens is 242 g/mol. The minimum absolute atomic E-state index is 0.537. The molecule has 1 aromatic rings. The molecule has 1 aliphatic heterocycles. The number of thioether (sulfide) groups is 1. The average Bonchev–Trinajstić information content (AvgIpc) is 2.60. The van der Waals surface area contributed by atoms with Crippen molar-refractivity contribution in [1.29, 1.82) is 0 Å². The van der Waals surface area contributed by atoms with Crippen molar-refractivity contribution in [2.75, 3.05) is 19.4 Å². The fraction of sp³-hybridized carbons (Fsp3) is 0.600. The highest BCUT2D eigenvalue weighted by Crippen LogP contribution is 2.40. The molecular formula is C15H21NOS. The van der Waals surface area contributed by atoms with E-state index in [2.05, 4.69) is 42.2 Å². The zero-order chi connectivity index (χ0) is 12.5. The van der Waals surface area contributed by atoms with Gasteiger partial charge in [-0.15, -0.1) is 0 Å². The summed E-state index contributed by atoms with van der Waals surface area (Å²) in [5, 5.41) is 4.51. The summed E-state index contributed by atoms with van der Waals surface area (Å²) in [4.78, 5) is 0. The topological polar surface area (TPSA) is 21.3 Å². The van der Waals surface area contributed by atoms with E-state index in [9.17, 15) is 0 Å². The van der Waals surface area contributed by atoms with Crippen molar-refractivity contribution >= 4 is 11.8 Å². The Labute approximate surface area is 113 Å². The third-order valence-corrected chi connectivity index (χ3v) is 5.73. The molecule has 1 aliphatic carbocycles. The molecule has 1 fully saturated rings. The Morgan fingerprint density at radius 2 is 2.28 bits per heavy atom. The van der Waals surface area contributed by atoms with Gasteiger partial charge in [-0.3, -0.25) is 0 Å². The van der Waals surface area contributed by atoms with Gasteiger partial charge in [-0.25, -0.2) is 0 Å². The highest BCUT2D eigenvalue weighted by Gasteiger charge is 2.32. The van der Waals surface area contributed by atoms with Crippen LogP contribution in [0.25, 0.3) is 0 Å². The smallest absolute Gasteiger partial charge is 0.119 e. The maximum Gasteiger partial charge on any atom is 0.119 e. The van der Waals surface area contributed by atoms with Crippen LogP contribution in [0, 0.1) is 5.92 Å². The molecule has 1 aromatic carbocycles. The summed E-state index contributed by atoms with van der Waals surface area (Å²) in [5.74, 6) is 3.06. The van der Waals surface area contributed by atoms with Crippen LogP contribution in [0.2, 0.25) is 0 Å². The third-order valence-electron chi connectivity index (χ3n) is 4.04. The standard InChI is InChI=1S/C15H21NOS/c1-10-8-16-15-13-5-4-12(17-2)7-11(13)3-6-14(15)18-9-10/h4-5,7,10,14-16H,3,6,8-9H2,1-2H3. The summed E-state index contributed by atoms with van der Waals surface area (Å²) in [5.41, 5.74) is 2.96. The molecule has 1 heterocycles. The SMILES string of the molecule is COc1ccc2c(c1)CCC1SCC(C)CNC21. The van der Waals surface area contributed by atoms with Gasteiger partial charge in [0.25, 0.3) is 0 Å². The largest absolute Gasteiger partial charge is 0.497 e. The van der Waals surface area contributed by atoms with Gasteiger partial charge < -0.3 is 10.1 Å². The van der Waals surface area contributed by atoms with Gasteiger partial charge in [0.2, 0.25) is 0 Å². The van der Waals surface area contributed by atoms with Crippen LogP contribution in [0.4, 0.5) is 0 Å². The predicted octanol–water partition coefficient (Wildman–Crippen LogP) is 3.02. The lowest BCUT2D eigenvalue weighted by Crippen LogP contribution is -2.34. The fourth-order valence-corrected chi connectivity index (χ4v) is 4.40. The molecule has 0 saturated carbocycles. The minimum atomic E-state index is 0.537. The van der Waals surface area contributed by atoms with E-state index in [0.29, 0.717) is 6.04 Å². The lowest BCUT2D eigenvalue weighted by Gasteiger charge is -2.32. The zero-order valence-corrected chi connectivity index (χ0v) is 11.9. The molecule has 98 valence electrons. The van der Waals surface area contributed by atoms with Gasteiger partial charge >= 0.3 is 0 Å². The van der Waals surface area contributed by atoms with Crippen molar-refractivity contribution in [3.05, 3.63) is 29.3 Å². The zero-order valence-electron chi connectivity index (χ0n) is 11.1. The summed E-state index contributed by atoms with van der Waals surface area (Å²) in [6.45, 7) is 3.48. The van der Waals surface area contributed by atoms with Gasteiger partial charge in [-0.2, -0.15) is 11.8 Å². The van der Waals surface area contributed by atoms with Crippen molar-refractivity contribution in [3.63, 3.8) is 0 Å². The summed E-state index contributed by atoms with van der Waals surface area (Å²) in [6.07, 6.45) is 2.48. The van der Waals surface area contributed by atoms with Crippen LogP contribution < -0.4 is 10.1 Å². The Hall–Kier alpha value is -0.670. The van der Waals surface area contributed by atoms with Crippen molar-refractivity contribution < 1.29 is 4.74 Å². The Balaban J connectivity index is 1.91. The molecule has 18 heavy (non-hydrogen) atoms. The maximum absolute atomic E-state index is 5.33. The molecule has 3 unspecified atom stereocenters. The van der Waals surface area contributed by atoms with Crippen LogP contribution in [-0.2, 0) is 6.42 Å². The van der Waals surface area contributed by atoms with E-state index in [4.69, 9.17) is 4.74 Å². The fourth-order valence-electron chi connectivity index (χ4n) is 2.99. The average molecular weight is 263 g/mol. The summed E-state index contributed by atoms with van der Waals surface area (Å²) >= 11 is 2.16. The van der Waals surface area contributed by atoms with Gasteiger partial charge in [-0.05, 0) is 54.3 Å². The number of nitrogens with one attached hydrogen (secondary N) is 1. The Kier molecular flexibility index (Phi) is 3.53. The van der Waals surface area contributed by atoms with Crippen LogP contribution in [0.15, 0.2) is 18.2 Å². The van der Waals surface area contributed by atoms with Crippen LogP contribution in [0.1, 0.15) is 30.5 Å². The van der Waals surface area contributed by atoms with E-state index in [1.54, 1.807) is 7.11 Å². The first-order chi connectivity index (χ1) is 8.78. The lowest BCUT2D eigenvalue weighted by molar-refractivity contribution is 0.410. The van der Waals surface area contributed by atoms with Crippen LogP contribution in [0.5, 0.6) is 5.75 Å². The first kappa shape index (κ1) is 12.4. The molecule has 0 spiro atoms. The second-order valence-corrected chi connectivity index (χ2v) is 6.74. The Bertz CT molecular complexity index is 435. The van der Waals surface area contributed by atoms with E-state index in [0.717, 1.165) is 23.5 Å². The first-order valence-corrected chi connectivity index (χ1v) is 7.84. The van der Waals surface area contributed by atoms with Crippen molar-refractivity contribution in [3.8, 4) is 5.75 Å². The van der Waals surface area contributed by atoms with E-state index in [-0.39, 0.29) is 0 Å². The van der Waals surface area contributed by atoms with E-state index < -0.39 is 0 Å². The maximum atomic E-state index is 5.33. The molecule has 3 heteroatoms. The van der Waals surface area contributed by atoms with Crippen molar-refractivity contribution in [1.82, 2.24) is 5.32 Å². The van der Waals surface area contributed by atoms with Gasteiger partial charge in [0.15, 0.2) is 0 Å². The number of hydrogen-bond donors (Lipinski definition) is 1. The van der Waals surface area contributed by atoms with E-state index >= 15 is 0 Å². The molecule has 0 bridgehead atoms. The van der Waals surface area contributed by atoms with Crippen LogP contribution >= 0.6 is 11.8 Å². The van der Waals surface area contributed by atoms with E-state index in [1.165, 1.54) is 29.7 Å². The number of methoxy groups -OCH3 is 1. The van der Waals surface area contributed by atoms with Gasteiger partial charge in [0.05, 0.1) is 7.11 Å². The van der Waals surface area contributed by atoms with Gasteiger partial charge in [0, 0.05) is 11.3 Å². The lowest BCUT2D eigenvalue weighted by atomic mass is 9.87. The molecule has 2 aliphatic rings. The number of aryl methyl sites for hydroxylation is 1. The third kappa shape index (κ3) is 2.26. The quantitative estimate of drug-likeness (QED) is 0.841. The number of ether oxygens (including phenoxy) is 1. The van der Waals surface area contributed by atoms with E-state index in [1.807, 2.05) is 0 Å². The number of fused-ring (bicyclic) bond motifs is 3. The first-order valence-electron chi connectivity index (χ1n) is 6.79. The second-order valence-electron chi connectivity index (χ2n) is 5.47. The molecule has 0 radical (unpaired) electrons. The van der Waals surface area contributed by atoms with Crippen molar-refractivity contribution in [2.45, 2.75) is 31.1 Å². The number of rotatable bonds is 1. The molecule has 2 nitrogen and oxygen atoms in total. The highest BCUT2D eigenvalue weighted by molar-refractivity contribution is 7.99. The summed E-state index contributed by atoms with van der Waals surface area (Å²) in [7, 11) is 1.74. The number of hydrogen-bond acceptors (Lipinski definition) is 3. The predicted molar refractivity (Wildman–Crippen MR) is 77.5 cm³/mol. The van der Waals surface area contributed by atoms with Crippen LogP contribution in [-0.4, -0.2) is 24.7 Å². The molecule has 0 amide bonds. The normalized spacial score (nSPS) is 31.1. The molecule has 1 saturated heterocycles. The highest BCUT2D eigenvalue weighted by atomic mass is 32.2. The second kappa shape index (κ2) is 5.14. The van der Waals surface area contributed by atoms with Crippen molar-refractivity contribution in [2.24, 2.45) is 5.92 Å². The summed E-state index contributed by atoms with van der Waals surface area (Å²) < 4.78 is 5.33. The molecule has 3 rings (SSSR count). The molecule has 0 aromatic heterocycles. The monoisotopic (exact) mass is 263 g/mol. The van der Waals surface area contributed by atoms with Gasteiger partial charge in [0.1, 0.15) is 5.75 Å². The summed E-state index contributed by atoms with van der Waals surface area (Å²) in [6, 6.07) is 7.11. The molecule has 3 atom stereocenters.